The minimum atomic E-state index is -0.349. The van der Waals surface area contributed by atoms with Crippen molar-refractivity contribution in [1.82, 2.24) is 9.88 Å². The third kappa shape index (κ3) is 5.32. The molecule has 11 aromatic rings. The van der Waals surface area contributed by atoms with Crippen LogP contribution >= 0.6 is 11.3 Å². The molecule has 0 fully saturated rings. The van der Waals surface area contributed by atoms with E-state index in [9.17, 15) is 0 Å². The van der Waals surface area contributed by atoms with E-state index in [2.05, 4.69) is 236 Å². The molecule has 1 spiro atoms. The van der Waals surface area contributed by atoms with Gasteiger partial charge in [0.2, 0.25) is 0 Å². The van der Waals surface area contributed by atoms with Gasteiger partial charge in [-0.05, 0) is 128 Å². The Labute approximate surface area is 422 Å². The van der Waals surface area contributed by atoms with Crippen molar-refractivity contribution in [3.05, 3.63) is 268 Å². The first-order valence-electron chi connectivity index (χ1n) is 25.5. The highest BCUT2D eigenvalue weighted by molar-refractivity contribution is 7.26. The molecule has 0 bridgehead atoms. The number of aliphatic imine (C=N–C) groups is 1. The van der Waals surface area contributed by atoms with Gasteiger partial charge in [-0.1, -0.05) is 184 Å². The van der Waals surface area contributed by atoms with E-state index in [0.717, 1.165) is 35.5 Å². The lowest BCUT2D eigenvalue weighted by Crippen LogP contribution is -2.32. The van der Waals surface area contributed by atoms with Crippen molar-refractivity contribution in [3.63, 3.8) is 0 Å². The fourth-order valence-corrected chi connectivity index (χ4v) is 15.0. The standard InChI is InChI=1S/C68H47N3S/c1-67(2)52-26-12-6-23-46(52)50-37-51-48-24-10-16-30-60(48)71(61(51)38-56(50)67)62-35-42(36-64-65(62)49-25-11-17-31-63(49)72-64)59-39-58(69-66(70-59)40-18-4-3-5-19-40)41-32-33-47-45-22-9-15-29-55(45)68(57(47)34-41)53-27-13-7-20-43(53)44-21-8-14-28-54(44)68/h3-13,15-27,29-39,58H,14,28H2,1-2H3,(H,69,70). The second-order valence-corrected chi connectivity index (χ2v) is 22.0. The lowest BCUT2D eigenvalue weighted by molar-refractivity contribution is 0.661. The van der Waals surface area contributed by atoms with E-state index in [1.807, 2.05) is 11.3 Å². The van der Waals surface area contributed by atoms with Crippen LogP contribution in [0.3, 0.4) is 0 Å². The van der Waals surface area contributed by atoms with E-state index < -0.39 is 0 Å². The highest BCUT2D eigenvalue weighted by atomic mass is 32.1. The van der Waals surface area contributed by atoms with Gasteiger partial charge in [0, 0.05) is 47.5 Å². The third-order valence-corrected chi connectivity index (χ3v) is 18.1. The summed E-state index contributed by atoms with van der Waals surface area (Å²) in [5.41, 5.74) is 24.0. The molecule has 5 aliphatic rings. The quantitative estimate of drug-likeness (QED) is 0.187. The van der Waals surface area contributed by atoms with Crippen molar-refractivity contribution in [1.29, 1.82) is 0 Å². The van der Waals surface area contributed by atoms with Crippen LogP contribution in [0.15, 0.2) is 223 Å². The van der Waals surface area contributed by atoms with Crippen molar-refractivity contribution in [2.45, 2.75) is 43.6 Å². The Kier molecular flexibility index (Phi) is 8.22. The maximum Gasteiger partial charge on any atom is 0.134 e. The molecule has 0 saturated carbocycles. The average molecular weight is 938 g/mol. The number of aromatic nitrogens is 1. The van der Waals surface area contributed by atoms with E-state index in [0.29, 0.717) is 0 Å². The predicted molar refractivity (Wildman–Crippen MR) is 302 cm³/mol. The number of benzene rings is 9. The molecule has 3 nitrogen and oxygen atoms in total. The van der Waals surface area contributed by atoms with Gasteiger partial charge in [0.05, 0.1) is 33.9 Å². The Balaban J connectivity index is 0.932. The van der Waals surface area contributed by atoms with Crippen LogP contribution in [0.25, 0.3) is 81.2 Å². The molecule has 4 heteroatoms. The molecule has 3 heterocycles. The molecular formula is C68H47N3S. The zero-order valence-electron chi connectivity index (χ0n) is 40.0. The largest absolute Gasteiger partial charge is 0.359 e. The third-order valence-electron chi connectivity index (χ3n) is 16.9. The summed E-state index contributed by atoms with van der Waals surface area (Å²) < 4.78 is 5.10. The zero-order valence-corrected chi connectivity index (χ0v) is 40.8. The van der Waals surface area contributed by atoms with Crippen LogP contribution < -0.4 is 5.32 Å². The lowest BCUT2D eigenvalue weighted by Gasteiger charge is -2.34. The van der Waals surface area contributed by atoms with Gasteiger partial charge in [0.1, 0.15) is 5.84 Å². The van der Waals surface area contributed by atoms with Gasteiger partial charge < -0.3 is 9.88 Å². The van der Waals surface area contributed by atoms with Crippen LogP contribution in [0.4, 0.5) is 0 Å². The summed E-state index contributed by atoms with van der Waals surface area (Å²) in [4.78, 5) is 5.60. The molecule has 1 N–H and O–H groups in total. The first-order chi connectivity index (χ1) is 35.4. The summed E-state index contributed by atoms with van der Waals surface area (Å²) in [5.74, 6) is 0.873. The molecular weight excluding hydrogens is 891 g/mol. The number of hydrogen-bond acceptors (Lipinski definition) is 3. The minimum absolute atomic E-state index is 0.140. The van der Waals surface area contributed by atoms with Gasteiger partial charge in [0.25, 0.3) is 0 Å². The molecule has 0 saturated heterocycles. The Morgan fingerprint density at radius 1 is 0.542 bits per heavy atom. The molecule has 72 heavy (non-hydrogen) atoms. The van der Waals surface area contributed by atoms with Crippen molar-refractivity contribution >= 4 is 70.4 Å². The van der Waals surface area contributed by atoms with Gasteiger partial charge in [0.15, 0.2) is 0 Å². The van der Waals surface area contributed by atoms with Crippen molar-refractivity contribution < 1.29 is 0 Å². The summed E-state index contributed by atoms with van der Waals surface area (Å²) >= 11 is 1.88. The summed E-state index contributed by atoms with van der Waals surface area (Å²) in [7, 11) is 0. The van der Waals surface area contributed by atoms with E-state index >= 15 is 0 Å². The van der Waals surface area contributed by atoms with Crippen molar-refractivity contribution in [3.8, 4) is 27.9 Å². The first-order valence-corrected chi connectivity index (χ1v) is 26.3. The molecule has 4 aliphatic carbocycles. The molecule has 2 aromatic heterocycles. The number of para-hydroxylation sites is 1. The van der Waals surface area contributed by atoms with Gasteiger partial charge >= 0.3 is 0 Å². The van der Waals surface area contributed by atoms with Crippen LogP contribution in [0.5, 0.6) is 0 Å². The number of rotatable bonds is 4. The SMILES string of the molecule is CC1(C)c2ccccc2-c2cc3c4ccccc4n(-c4cc(C5=CC(c6ccc7c(c6)C6(C8=C(C=CCC8)c8ccccc86)c6ccccc6-7)NC(c6ccccc6)=N5)cc5sc6ccccc6c45)c3cc21. The van der Waals surface area contributed by atoms with Crippen LogP contribution in [0, 0.1) is 0 Å². The van der Waals surface area contributed by atoms with Crippen LogP contribution in [-0.2, 0) is 10.8 Å². The smallest absolute Gasteiger partial charge is 0.134 e. The number of nitrogens with zero attached hydrogens (tertiary/aromatic N) is 2. The van der Waals surface area contributed by atoms with Crippen molar-refractivity contribution in [2.24, 2.45) is 4.99 Å². The number of fused-ring (bicyclic) bond motifs is 18. The Hall–Kier alpha value is -8.31. The molecule has 2 atom stereocenters. The molecule has 0 amide bonds. The van der Waals surface area contributed by atoms with E-state index in [1.54, 1.807) is 0 Å². The van der Waals surface area contributed by atoms with Gasteiger partial charge in [-0.3, -0.25) is 0 Å². The second kappa shape index (κ2) is 14.6. The van der Waals surface area contributed by atoms with E-state index in [-0.39, 0.29) is 16.9 Å². The molecule has 16 rings (SSSR count). The monoisotopic (exact) mass is 937 g/mol. The van der Waals surface area contributed by atoms with Gasteiger partial charge in [-0.2, -0.15) is 0 Å². The highest BCUT2D eigenvalue weighted by Crippen LogP contribution is 2.64. The maximum atomic E-state index is 5.60. The maximum absolute atomic E-state index is 5.60. The first kappa shape index (κ1) is 40.4. The van der Waals surface area contributed by atoms with Crippen LogP contribution in [-0.4, -0.2) is 10.4 Å². The molecule has 340 valence electrons. The van der Waals surface area contributed by atoms with Crippen LogP contribution in [0.2, 0.25) is 0 Å². The fourth-order valence-electron chi connectivity index (χ4n) is 13.8. The fraction of sp³-hybridized carbons (Fsp3) is 0.103. The zero-order chi connectivity index (χ0) is 47.5. The Morgan fingerprint density at radius 3 is 2.08 bits per heavy atom. The lowest BCUT2D eigenvalue weighted by atomic mass is 9.68. The molecule has 9 aromatic carbocycles. The number of thiophene rings is 1. The second-order valence-electron chi connectivity index (χ2n) is 20.9. The number of hydrogen-bond donors (Lipinski definition) is 1. The number of amidine groups is 1. The van der Waals surface area contributed by atoms with Crippen LogP contribution in [0.1, 0.15) is 82.8 Å². The molecule has 2 unspecified atom stereocenters. The summed E-state index contributed by atoms with van der Waals surface area (Å²) in [6, 6.07) is 72.9. The predicted octanol–water partition coefficient (Wildman–Crippen LogP) is 17.0. The minimum Gasteiger partial charge on any atom is -0.359 e. The summed E-state index contributed by atoms with van der Waals surface area (Å²) in [5, 5.41) is 9.07. The summed E-state index contributed by atoms with van der Waals surface area (Å²) in [6.45, 7) is 4.77. The van der Waals surface area contributed by atoms with Gasteiger partial charge in [-0.25, -0.2) is 4.99 Å². The van der Waals surface area contributed by atoms with E-state index in [1.165, 1.54) is 120 Å². The van der Waals surface area contributed by atoms with E-state index in [4.69, 9.17) is 4.99 Å². The summed E-state index contributed by atoms with van der Waals surface area (Å²) in [6.07, 6.45) is 9.23. The normalized spacial score (nSPS) is 18.8. The Bertz CT molecular complexity index is 4340. The van der Waals surface area contributed by atoms with Crippen molar-refractivity contribution in [2.75, 3.05) is 0 Å². The topological polar surface area (TPSA) is 29.3 Å². The average Bonchev–Trinajstić information content (AvgIpc) is 4.21. The number of allylic oxidation sites excluding steroid dienone is 4. The molecule has 0 radical (unpaired) electrons. The Morgan fingerprint density at radius 2 is 1.24 bits per heavy atom. The van der Waals surface area contributed by atoms with Gasteiger partial charge in [-0.15, -0.1) is 11.3 Å². The number of nitrogens with one attached hydrogen (secondary N) is 1. The highest BCUT2D eigenvalue weighted by Gasteiger charge is 2.52. The molecule has 1 aliphatic heterocycles.